The molecule has 0 unspecified atom stereocenters. The van der Waals surface area contributed by atoms with Crippen LogP contribution in [-0.4, -0.2) is 24.1 Å². The summed E-state index contributed by atoms with van der Waals surface area (Å²) >= 11 is 6.01. The average molecular weight is 415 g/mol. The molecule has 1 heterocycles. The molecule has 1 aromatic heterocycles. The number of rotatable bonds is 5. The normalized spacial score (nSPS) is 11.9. The van der Waals surface area contributed by atoms with E-state index in [1.165, 1.54) is 6.07 Å². The van der Waals surface area contributed by atoms with Crippen LogP contribution in [0.15, 0.2) is 47.5 Å². The Balaban J connectivity index is 1.98. The first kappa shape index (κ1) is 19.2. The molecule has 142 valence electrons. The van der Waals surface area contributed by atoms with Gasteiger partial charge in [0, 0.05) is 16.1 Å². The molecule has 0 aliphatic heterocycles. The monoisotopic (exact) mass is 414 g/mol. The van der Waals surface area contributed by atoms with E-state index in [1.807, 2.05) is 0 Å². The molecule has 1 amide bonds. The van der Waals surface area contributed by atoms with Gasteiger partial charge in [-0.1, -0.05) is 29.8 Å². The van der Waals surface area contributed by atoms with Crippen molar-refractivity contribution in [2.24, 2.45) is 5.14 Å². The third kappa shape index (κ3) is 4.07. The van der Waals surface area contributed by atoms with Gasteiger partial charge in [-0.3, -0.25) is 4.79 Å². The van der Waals surface area contributed by atoms with Crippen molar-refractivity contribution in [2.75, 3.05) is 5.32 Å². The van der Waals surface area contributed by atoms with Gasteiger partial charge >= 0.3 is 6.55 Å². The first-order valence-corrected chi connectivity index (χ1v) is 9.44. The number of anilines is 1. The molecule has 2 aromatic carbocycles. The second-order valence-electron chi connectivity index (χ2n) is 5.64. The molecule has 3 rings (SSSR count). The highest BCUT2D eigenvalue weighted by molar-refractivity contribution is 7.89. The van der Waals surface area contributed by atoms with Gasteiger partial charge in [0.2, 0.25) is 15.9 Å². The number of amides is 1. The summed E-state index contributed by atoms with van der Waals surface area (Å²) in [6, 6.07) is 9.10. The summed E-state index contributed by atoms with van der Waals surface area (Å²) in [5.74, 6) is -0.468. The van der Waals surface area contributed by atoms with Gasteiger partial charge in [-0.05, 0) is 23.8 Å². The third-order valence-electron chi connectivity index (χ3n) is 3.74. The minimum Gasteiger partial charge on any atom is -0.326 e. The summed E-state index contributed by atoms with van der Waals surface area (Å²) in [7, 11) is -4.35. The van der Waals surface area contributed by atoms with E-state index in [9.17, 15) is 22.0 Å². The molecule has 27 heavy (non-hydrogen) atoms. The number of nitrogens with zero attached hydrogens (tertiary/aromatic N) is 2. The lowest BCUT2D eigenvalue weighted by molar-refractivity contribution is -0.115. The molecule has 0 bridgehead atoms. The number of nitrogens with two attached hydrogens (primary N) is 1. The van der Waals surface area contributed by atoms with Crippen LogP contribution in [0.5, 0.6) is 0 Å². The van der Waals surface area contributed by atoms with Crippen LogP contribution in [0, 0.1) is 0 Å². The van der Waals surface area contributed by atoms with Crippen LogP contribution < -0.4 is 10.5 Å². The first-order valence-electron chi connectivity index (χ1n) is 7.52. The summed E-state index contributed by atoms with van der Waals surface area (Å²) < 4.78 is 50.1. The number of alkyl halides is 2. The SMILES string of the molecule is NS(=O)(=O)c1cc(NC(=O)Cc2ccccc2Cl)cc2cnn(C(F)F)c12. The maximum absolute atomic E-state index is 13.1. The van der Waals surface area contributed by atoms with E-state index in [-0.39, 0.29) is 27.7 Å². The molecular weight excluding hydrogens is 402 g/mol. The van der Waals surface area contributed by atoms with Gasteiger partial charge in [-0.25, -0.2) is 18.2 Å². The predicted molar refractivity (Wildman–Crippen MR) is 96.1 cm³/mol. The number of carbonyl (C=O) groups is 1. The Morgan fingerprint density at radius 2 is 2.00 bits per heavy atom. The Hall–Kier alpha value is -2.56. The first-order chi connectivity index (χ1) is 12.7. The Labute approximate surface area is 157 Å². The molecule has 0 spiro atoms. The number of hydrogen-bond acceptors (Lipinski definition) is 4. The van der Waals surface area contributed by atoms with Crippen molar-refractivity contribution in [3.8, 4) is 0 Å². The van der Waals surface area contributed by atoms with Crippen LogP contribution in [0.4, 0.5) is 14.5 Å². The van der Waals surface area contributed by atoms with Crippen molar-refractivity contribution < 1.29 is 22.0 Å². The largest absolute Gasteiger partial charge is 0.333 e. The van der Waals surface area contributed by atoms with Gasteiger partial charge in [0.25, 0.3) is 0 Å². The Kier molecular flexibility index (Phi) is 5.13. The number of carbonyl (C=O) groups excluding carboxylic acids is 1. The molecule has 0 fully saturated rings. The molecule has 3 aromatic rings. The second kappa shape index (κ2) is 7.22. The molecule has 0 radical (unpaired) electrons. The fourth-order valence-electron chi connectivity index (χ4n) is 2.61. The van der Waals surface area contributed by atoms with Crippen molar-refractivity contribution >= 4 is 44.1 Å². The maximum atomic E-state index is 13.1. The molecule has 0 saturated carbocycles. The molecular formula is C16H13ClF2N4O3S. The van der Waals surface area contributed by atoms with E-state index >= 15 is 0 Å². The van der Waals surface area contributed by atoms with Gasteiger partial charge in [0.1, 0.15) is 4.90 Å². The molecule has 0 saturated heterocycles. The average Bonchev–Trinajstić information content (AvgIpc) is 2.99. The zero-order valence-electron chi connectivity index (χ0n) is 13.6. The minimum atomic E-state index is -4.35. The van der Waals surface area contributed by atoms with Crippen molar-refractivity contribution in [2.45, 2.75) is 17.9 Å². The van der Waals surface area contributed by atoms with Gasteiger partial charge < -0.3 is 5.32 Å². The summed E-state index contributed by atoms with van der Waals surface area (Å²) in [6.45, 7) is -3.05. The quantitative estimate of drug-likeness (QED) is 0.669. The highest BCUT2D eigenvalue weighted by Crippen LogP contribution is 2.29. The van der Waals surface area contributed by atoms with E-state index in [2.05, 4.69) is 10.4 Å². The summed E-state index contributed by atoms with van der Waals surface area (Å²) in [5, 5.41) is 11.7. The smallest absolute Gasteiger partial charge is 0.326 e. The predicted octanol–water partition coefficient (Wildman–Crippen LogP) is 2.91. The Bertz CT molecular complexity index is 1130. The van der Waals surface area contributed by atoms with Gasteiger partial charge in [0.05, 0.1) is 18.1 Å². The van der Waals surface area contributed by atoms with Crippen LogP contribution >= 0.6 is 11.6 Å². The second-order valence-corrected chi connectivity index (χ2v) is 7.58. The maximum Gasteiger partial charge on any atom is 0.333 e. The van der Waals surface area contributed by atoms with E-state index in [0.717, 1.165) is 12.3 Å². The number of hydrogen-bond donors (Lipinski definition) is 2. The number of benzene rings is 2. The Morgan fingerprint density at radius 3 is 2.63 bits per heavy atom. The van der Waals surface area contributed by atoms with Crippen molar-refractivity contribution in [1.82, 2.24) is 9.78 Å². The highest BCUT2D eigenvalue weighted by Gasteiger charge is 2.22. The van der Waals surface area contributed by atoms with E-state index in [0.29, 0.717) is 10.6 Å². The van der Waals surface area contributed by atoms with Crippen LogP contribution in [0.25, 0.3) is 10.9 Å². The molecule has 3 N–H and O–H groups in total. The third-order valence-corrected chi connectivity index (χ3v) is 5.03. The van der Waals surface area contributed by atoms with Crippen LogP contribution in [-0.2, 0) is 21.2 Å². The fourth-order valence-corrected chi connectivity index (χ4v) is 3.59. The summed E-state index contributed by atoms with van der Waals surface area (Å²) in [6.07, 6.45) is 1.01. The van der Waals surface area contributed by atoms with Crippen molar-refractivity contribution in [1.29, 1.82) is 0 Å². The van der Waals surface area contributed by atoms with E-state index in [4.69, 9.17) is 16.7 Å². The fraction of sp³-hybridized carbons (Fsp3) is 0.125. The zero-order chi connectivity index (χ0) is 19.8. The van der Waals surface area contributed by atoms with Gasteiger partial charge in [-0.2, -0.15) is 13.9 Å². The lowest BCUT2D eigenvalue weighted by Gasteiger charge is -2.10. The standard InChI is InChI=1S/C16H13ClF2N4O3S/c17-12-4-2-1-3-9(12)6-14(24)22-11-5-10-8-21-23(16(18)19)15(10)13(7-11)27(20,25)26/h1-5,7-8,16H,6H2,(H,22,24)(H2,20,25,26). The van der Waals surface area contributed by atoms with Crippen LogP contribution in [0.2, 0.25) is 5.02 Å². The summed E-state index contributed by atoms with van der Waals surface area (Å²) in [5.41, 5.74) is 0.323. The van der Waals surface area contributed by atoms with Crippen molar-refractivity contribution in [3.05, 3.63) is 53.2 Å². The molecule has 0 aliphatic carbocycles. The van der Waals surface area contributed by atoms with Gasteiger partial charge in [0.15, 0.2) is 0 Å². The number of aromatic nitrogens is 2. The number of primary sulfonamides is 1. The topological polar surface area (TPSA) is 107 Å². The number of fused-ring (bicyclic) bond motifs is 1. The van der Waals surface area contributed by atoms with E-state index < -0.39 is 27.4 Å². The van der Waals surface area contributed by atoms with E-state index in [1.54, 1.807) is 24.3 Å². The molecule has 11 heteroatoms. The molecule has 0 atom stereocenters. The zero-order valence-corrected chi connectivity index (χ0v) is 15.1. The Morgan fingerprint density at radius 1 is 1.30 bits per heavy atom. The minimum absolute atomic E-state index is 0.0568. The number of halogens is 3. The van der Waals surface area contributed by atoms with Gasteiger partial charge in [-0.15, -0.1) is 0 Å². The lowest BCUT2D eigenvalue weighted by Crippen LogP contribution is -2.17. The number of sulfonamides is 1. The lowest BCUT2D eigenvalue weighted by atomic mass is 10.1. The van der Waals surface area contributed by atoms with Crippen molar-refractivity contribution in [3.63, 3.8) is 0 Å². The van der Waals surface area contributed by atoms with Crippen LogP contribution in [0.1, 0.15) is 12.1 Å². The summed E-state index contributed by atoms with van der Waals surface area (Å²) in [4.78, 5) is 11.7. The molecule has 7 nitrogen and oxygen atoms in total. The highest BCUT2D eigenvalue weighted by atomic mass is 35.5. The molecule has 0 aliphatic rings. The van der Waals surface area contributed by atoms with Crippen LogP contribution in [0.3, 0.4) is 0 Å². The number of nitrogens with one attached hydrogen (secondary N) is 1.